The van der Waals surface area contributed by atoms with Crippen molar-refractivity contribution in [1.29, 1.82) is 0 Å². The number of allylic oxidation sites excluding steroid dienone is 1. The summed E-state index contributed by atoms with van der Waals surface area (Å²) in [5.41, 5.74) is 1.26. The smallest absolute Gasteiger partial charge is 0.351 e. The molecule has 0 aromatic heterocycles. The first-order chi connectivity index (χ1) is 5.63. The molecule has 0 fully saturated rings. The Balaban J connectivity index is 4.27. The van der Waals surface area contributed by atoms with Gasteiger partial charge in [-0.3, -0.25) is 0 Å². The van der Waals surface area contributed by atoms with Gasteiger partial charge in [-0.15, -0.1) is 0 Å². The van der Waals surface area contributed by atoms with Gasteiger partial charge in [-0.25, -0.2) is 4.79 Å². The fraction of sp³-hybridized carbons (Fsp3) is 0.667. The summed E-state index contributed by atoms with van der Waals surface area (Å²) in [5.74, 6) is -0.869. The molecule has 0 aliphatic heterocycles. The molecule has 12 heavy (non-hydrogen) atoms. The van der Waals surface area contributed by atoms with Crippen molar-refractivity contribution in [2.45, 2.75) is 33.1 Å². The van der Waals surface area contributed by atoms with Gasteiger partial charge in [0.15, 0.2) is 0 Å². The minimum absolute atomic E-state index is 0.337. The molecule has 0 saturated heterocycles. The third-order valence-electron chi connectivity index (χ3n) is 1.80. The van der Waals surface area contributed by atoms with Crippen LogP contribution >= 0.6 is 0 Å². The predicted octanol–water partition coefficient (Wildman–Crippen LogP) is 1.75. The van der Waals surface area contributed by atoms with Crippen molar-refractivity contribution < 1.29 is 9.90 Å². The van der Waals surface area contributed by atoms with Crippen LogP contribution in [0.4, 0.5) is 0 Å². The van der Waals surface area contributed by atoms with Gasteiger partial charge in [0.1, 0.15) is 5.70 Å². The number of hydrogen-bond donors (Lipinski definition) is 2. The highest BCUT2D eigenvalue weighted by Crippen LogP contribution is 2.09. The van der Waals surface area contributed by atoms with Crippen molar-refractivity contribution in [3.05, 3.63) is 11.3 Å². The summed E-state index contributed by atoms with van der Waals surface area (Å²) in [4.78, 5) is 10.6. The Hall–Kier alpha value is -0.990. The fourth-order valence-corrected chi connectivity index (χ4v) is 1.07. The molecule has 0 atom stereocenters. The van der Waals surface area contributed by atoms with E-state index in [0.717, 1.165) is 24.8 Å². The van der Waals surface area contributed by atoms with Crippen LogP contribution in [0.15, 0.2) is 11.3 Å². The summed E-state index contributed by atoms with van der Waals surface area (Å²) >= 11 is 0. The van der Waals surface area contributed by atoms with Crippen molar-refractivity contribution >= 4 is 5.97 Å². The molecule has 0 saturated carbocycles. The highest BCUT2D eigenvalue weighted by atomic mass is 16.4. The highest BCUT2D eigenvalue weighted by molar-refractivity contribution is 5.86. The molecule has 0 aliphatic carbocycles. The van der Waals surface area contributed by atoms with Gasteiger partial charge in [-0.2, -0.15) is 0 Å². The van der Waals surface area contributed by atoms with Gasteiger partial charge < -0.3 is 10.4 Å². The van der Waals surface area contributed by atoms with Crippen molar-refractivity contribution in [1.82, 2.24) is 5.32 Å². The number of rotatable bonds is 5. The van der Waals surface area contributed by atoms with E-state index in [1.165, 1.54) is 0 Å². The van der Waals surface area contributed by atoms with E-state index < -0.39 is 5.97 Å². The van der Waals surface area contributed by atoms with Crippen LogP contribution in [0.1, 0.15) is 33.1 Å². The molecule has 0 radical (unpaired) electrons. The molecule has 0 heterocycles. The number of carbonyl (C=O) groups is 1. The highest BCUT2D eigenvalue weighted by Gasteiger charge is 2.07. The quantitative estimate of drug-likeness (QED) is 0.619. The predicted molar refractivity (Wildman–Crippen MR) is 48.9 cm³/mol. The Morgan fingerprint density at radius 2 is 2.08 bits per heavy atom. The van der Waals surface area contributed by atoms with Crippen LogP contribution in [-0.2, 0) is 4.79 Å². The molecule has 0 bridgehead atoms. The van der Waals surface area contributed by atoms with Crippen LogP contribution in [-0.4, -0.2) is 18.1 Å². The van der Waals surface area contributed by atoms with Gasteiger partial charge >= 0.3 is 5.97 Å². The second-order valence-electron chi connectivity index (χ2n) is 2.81. The molecule has 0 aliphatic rings. The number of carboxylic acid groups (broad SMARTS) is 1. The minimum Gasteiger partial charge on any atom is -0.477 e. The standard InChI is InChI=1S/C9H17NO2/c1-4-5-6-7(2)8(10-3)9(11)12/h10H,4-6H2,1-3H3,(H,11,12). The fourth-order valence-electron chi connectivity index (χ4n) is 1.07. The zero-order valence-electron chi connectivity index (χ0n) is 7.98. The average molecular weight is 171 g/mol. The zero-order valence-corrected chi connectivity index (χ0v) is 7.98. The molecule has 0 spiro atoms. The maximum Gasteiger partial charge on any atom is 0.351 e. The van der Waals surface area contributed by atoms with Crippen LogP contribution in [0.2, 0.25) is 0 Å². The van der Waals surface area contributed by atoms with E-state index >= 15 is 0 Å². The van der Waals surface area contributed by atoms with Crippen LogP contribution in [0.3, 0.4) is 0 Å². The molecule has 0 aromatic rings. The van der Waals surface area contributed by atoms with Gasteiger partial charge in [0.05, 0.1) is 0 Å². The SMILES string of the molecule is CCCCC(C)=C(NC)C(=O)O. The van der Waals surface area contributed by atoms with Crippen molar-refractivity contribution in [3.8, 4) is 0 Å². The molecule has 0 unspecified atom stereocenters. The number of unbranched alkanes of at least 4 members (excludes halogenated alkanes) is 1. The Bertz CT molecular complexity index is 185. The lowest BCUT2D eigenvalue weighted by atomic mass is 10.1. The Kier molecular flexibility index (Phi) is 5.17. The van der Waals surface area contributed by atoms with E-state index in [9.17, 15) is 4.79 Å². The monoisotopic (exact) mass is 171 g/mol. The molecule has 0 amide bonds. The summed E-state index contributed by atoms with van der Waals surface area (Å²) in [6.45, 7) is 3.95. The molecule has 0 aromatic carbocycles. The van der Waals surface area contributed by atoms with Crippen LogP contribution in [0.25, 0.3) is 0 Å². The second kappa shape index (κ2) is 5.63. The Labute approximate surface area is 73.5 Å². The number of nitrogens with one attached hydrogen (secondary N) is 1. The van der Waals surface area contributed by atoms with Gasteiger partial charge in [0, 0.05) is 7.05 Å². The third-order valence-corrected chi connectivity index (χ3v) is 1.80. The maximum atomic E-state index is 10.6. The van der Waals surface area contributed by atoms with Crippen molar-refractivity contribution in [3.63, 3.8) is 0 Å². The summed E-state index contributed by atoms with van der Waals surface area (Å²) in [6.07, 6.45) is 3.00. The summed E-state index contributed by atoms with van der Waals surface area (Å²) in [5, 5.41) is 11.4. The first-order valence-corrected chi connectivity index (χ1v) is 4.24. The van der Waals surface area contributed by atoms with E-state index in [2.05, 4.69) is 12.2 Å². The van der Waals surface area contributed by atoms with Gasteiger partial charge in [-0.1, -0.05) is 13.3 Å². The van der Waals surface area contributed by atoms with E-state index in [-0.39, 0.29) is 0 Å². The van der Waals surface area contributed by atoms with Gasteiger partial charge in [0.2, 0.25) is 0 Å². The molecule has 0 rings (SSSR count). The average Bonchev–Trinajstić information content (AvgIpc) is 2.01. The summed E-state index contributed by atoms with van der Waals surface area (Å²) in [6, 6.07) is 0. The molecular formula is C9H17NO2. The van der Waals surface area contributed by atoms with Gasteiger partial charge in [0.25, 0.3) is 0 Å². The summed E-state index contributed by atoms with van der Waals surface area (Å²) in [7, 11) is 1.64. The minimum atomic E-state index is -0.869. The largest absolute Gasteiger partial charge is 0.477 e. The lowest BCUT2D eigenvalue weighted by molar-refractivity contribution is -0.133. The normalized spacial score (nSPS) is 12.2. The lowest BCUT2D eigenvalue weighted by Crippen LogP contribution is -2.17. The molecule has 70 valence electrons. The molecule has 3 nitrogen and oxygen atoms in total. The number of hydrogen-bond acceptors (Lipinski definition) is 2. The molecule has 2 N–H and O–H groups in total. The Morgan fingerprint density at radius 1 is 1.50 bits per heavy atom. The van der Waals surface area contributed by atoms with E-state index in [4.69, 9.17) is 5.11 Å². The van der Waals surface area contributed by atoms with Crippen LogP contribution < -0.4 is 5.32 Å². The van der Waals surface area contributed by atoms with Crippen LogP contribution in [0, 0.1) is 0 Å². The van der Waals surface area contributed by atoms with E-state index in [1.807, 2.05) is 6.92 Å². The maximum absolute atomic E-state index is 10.6. The second-order valence-corrected chi connectivity index (χ2v) is 2.81. The molecular weight excluding hydrogens is 154 g/mol. The number of carboxylic acids is 1. The van der Waals surface area contributed by atoms with Crippen molar-refractivity contribution in [2.75, 3.05) is 7.05 Å². The first kappa shape index (κ1) is 11.0. The lowest BCUT2D eigenvalue weighted by Gasteiger charge is -2.06. The van der Waals surface area contributed by atoms with E-state index in [0.29, 0.717) is 5.70 Å². The number of aliphatic carboxylic acids is 1. The van der Waals surface area contributed by atoms with E-state index in [1.54, 1.807) is 7.05 Å². The summed E-state index contributed by atoms with van der Waals surface area (Å²) < 4.78 is 0. The topological polar surface area (TPSA) is 49.3 Å². The van der Waals surface area contributed by atoms with Gasteiger partial charge in [-0.05, 0) is 25.3 Å². The Morgan fingerprint density at radius 3 is 2.42 bits per heavy atom. The zero-order chi connectivity index (χ0) is 9.56. The third kappa shape index (κ3) is 3.42. The van der Waals surface area contributed by atoms with Crippen LogP contribution in [0.5, 0.6) is 0 Å². The molecule has 3 heteroatoms. The number of likely N-dealkylation sites (N-methyl/N-ethyl adjacent to an activating group) is 1. The first-order valence-electron chi connectivity index (χ1n) is 4.24. The van der Waals surface area contributed by atoms with Crippen molar-refractivity contribution in [2.24, 2.45) is 0 Å².